The molecule has 0 aromatic heterocycles. The van der Waals surface area contributed by atoms with Crippen molar-refractivity contribution in [3.05, 3.63) is 97.2 Å². The van der Waals surface area contributed by atoms with Crippen LogP contribution < -0.4 is 0 Å². The monoisotopic (exact) mass is 1160 g/mol. The van der Waals surface area contributed by atoms with Crippen molar-refractivity contribution in [3.63, 3.8) is 0 Å². The highest BCUT2D eigenvalue weighted by Gasteiger charge is 2.19. The maximum absolute atomic E-state index is 12.9. The molecule has 6 heteroatoms. The Morgan fingerprint density at radius 1 is 0.253 bits per heavy atom. The van der Waals surface area contributed by atoms with E-state index >= 15 is 0 Å². The number of esters is 3. The van der Waals surface area contributed by atoms with Gasteiger partial charge in [0.1, 0.15) is 13.2 Å². The van der Waals surface area contributed by atoms with Crippen LogP contribution in [-0.4, -0.2) is 37.2 Å². The number of rotatable bonds is 65. The second kappa shape index (κ2) is 70.8. The van der Waals surface area contributed by atoms with Crippen LogP contribution in [0.3, 0.4) is 0 Å². The molecule has 0 fully saturated rings. The average Bonchev–Trinajstić information content (AvgIpc) is 3.49. The summed E-state index contributed by atoms with van der Waals surface area (Å²) in [5.74, 6) is -0.887. The Balaban J connectivity index is 4.19. The minimum atomic E-state index is -0.787. The van der Waals surface area contributed by atoms with Crippen LogP contribution in [-0.2, 0) is 28.6 Å². The Morgan fingerprint density at radius 2 is 0.470 bits per heavy atom. The second-order valence-electron chi connectivity index (χ2n) is 23.8. The van der Waals surface area contributed by atoms with Gasteiger partial charge in [0.2, 0.25) is 0 Å². The van der Waals surface area contributed by atoms with E-state index in [4.69, 9.17) is 14.2 Å². The van der Waals surface area contributed by atoms with E-state index in [1.807, 2.05) is 0 Å². The first-order chi connectivity index (χ1) is 41.0. The SMILES string of the molecule is CC/C=C\C/C=C\C/C=C\C/C=C\CCCCCCCCCCCCCCCCCCCCCCC(=O)OCC(COC(=O)CCCCCCC/C=C\C/C=C\CCCCC)OC(=O)CCCCCCCCC/C=C\C/C=C\CCCCC. The lowest BCUT2D eigenvalue weighted by atomic mass is 10.0. The summed E-state index contributed by atoms with van der Waals surface area (Å²) in [7, 11) is 0. The van der Waals surface area contributed by atoms with Crippen LogP contribution in [0.1, 0.15) is 355 Å². The van der Waals surface area contributed by atoms with Crippen molar-refractivity contribution in [2.24, 2.45) is 0 Å². The van der Waals surface area contributed by atoms with Gasteiger partial charge in [-0.15, -0.1) is 0 Å². The molecule has 0 aromatic carbocycles. The van der Waals surface area contributed by atoms with E-state index in [0.29, 0.717) is 19.3 Å². The first kappa shape index (κ1) is 79.3. The van der Waals surface area contributed by atoms with Crippen molar-refractivity contribution in [1.29, 1.82) is 0 Å². The number of unbranched alkanes of at least 4 members (excludes halogenated alkanes) is 38. The zero-order chi connectivity index (χ0) is 59.9. The summed E-state index contributed by atoms with van der Waals surface area (Å²) in [4.78, 5) is 38.4. The molecule has 0 bridgehead atoms. The molecule has 1 atom stereocenters. The summed E-state index contributed by atoms with van der Waals surface area (Å²) in [5, 5.41) is 0. The van der Waals surface area contributed by atoms with Crippen LogP contribution in [0.25, 0.3) is 0 Å². The van der Waals surface area contributed by atoms with Gasteiger partial charge in [-0.05, 0) is 122 Å². The van der Waals surface area contributed by atoms with Crippen molar-refractivity contribution >= 4 is 17.9 Å². The standard InChI is InChI=1S/C77H134O6/c1-4-7-10-13-16-19-22-25-28-30-31-32-33-34-35-36-37-38-39-40-41-42-43-44-45-47-49-52-55-58-61-64-67-70-76(79)82-73-74(72-81-75(78)69-66-63-60-57-54-51-48-27-24-21-18-15-12-9-6-3)83-77(80)71-68-65-62-59-56-53-50-46-29-26-23-20-17-14-11-8-5-2/h7,10,16-21,25-29,31-32,48,74H,4-6,8-9,11-15,22-24,30,33-47,49-73H2,1-3H3/b10-7-,19-16-,20-17-,21-18-,28-25-,29-26-,32-31-,48-27-. The maximum atomic E-state index is 12.9. The van der Waals surface area contributed by atoms with E-state index in [1.54, 1.807) is 0 Å². The Labute approximate surface area is 515 Å². The highest BCUT2D eigenvalue weighted by Crippen LogP contribution is 2.17. The second-order valence-corrected chi connectivity index (χ2v) is 23.8. The van der Waals surface area contributed by atoms with Crippen molar-refractivity contribution < 1.29 is 28.6 Å². The number of carbonyl (C=O) groups excluding carboxylic acids is 3. The highest BCUT2D eigenvalue weighted by atomic mass is 16.6. The van der Waals surface area contributed by atoms with Gasteiger partial charge >= 0.3 is 17.9 Å². The molecule has 0 rings (SSSR count). The molecule has 478 valence electrons. The largest absolute Gasteiger partial charge is 0.462 e. The lowest BCUT2D eigenvalue weighted by Gasteiger charge is -2.18. The minimum Gasteiger partial charge on any atom is -0.462 e. The maximum Gasteiger partial charge on any atom is 0.306 e. The third-order valence-corrected chi connectivity index (χ3v) is 15.5. The molecule has 0 saturated heterocycles. The highest BCUT2D eigenvalue weighted by molar-refractivity contribution is 5.71. The predicted molar refractivity (Wildman–Crippen MR) is 362 cm³/mol. The Hall–Kier alpha value is -3.67. The van der Waals surface area contributed by atoms with Gasteiger partial charge in [0, 0.05) is 19.3 Å². The van der Waals surface area contributed by atoms with Gasteiger partial charge in [0.15, 0.2) is 6.10 Å². The predicted octanol–water partition coefficient (Wildman–Crippen LogP) is 24.8. The van der Waals surface area contributed by atoms with Crippen LogP contribution in [0.4, 0.5) is 0 Å². The number of allylic oxidation sites excluding steroid dienone is 16. The fourth-order valence-electron chi connectivity index (χ4n) is 10.2. The van der Waals surface area contributed by atoms with E-state index in [9.17, 15) is 14.4 Å². The first-order valence-corrected chi connectivity index (χ1v) is 35.7. The van der Waals surface area contributed by atoms with E-state index in [1.165, 1.54) is 199 Å². The topological polar surface area (TPSA) is 78.9 Å². The fourth-order valence-corrected chi connectivity index (χ4v) is 10.2. The van der Waals surface area contributed by atoms with E-state index in [0.717, 1.165) is 116 Å². The van der Waals surface area contributed by atoms with Crippen LogP contribution in [0, 0.1) is 0 Å². The Kier molecular flexibility index (Phi) is 67.7. The molecule has 0 aliphatic rings. The van der Waals surface area contributed by atoms with Crippen molar-refractivity contribution in [3.8, 4) is 0 Å². The summed E-state index contributed by atoms with van der Waals surface area (Å²) < 4.78 is 17.0. The molecule has 0 aliphatic heterocycles. The van der Waals surface area contributed by atoms with Gasteiger partial charge < -0.3 is 14.2 Å². The zero-order valence-corrected chi connectivity index (χ0v) is 54.9. The molecule has 0 saturated carbocycles. The normalized spacial score (nSPS) is 12.7. The molecule has 0 aromatic rings. The Bertz CT molecular complexity index is 1610. The zero-order valence-electron chi connectivity index (χ0n) is 54.9. The molecule has 0 N–H and O–H groups in total. The average molecular weight is 1160 g/mol. The number of hydrogen-bond acceptors (Lipinski definition) is 6. The number of ether oxygens (including phenoxy) is 3. The van der Waals surface area contributed by atoms with E-state index in [2.05, 4.69) is 118 Å². The minimum absolute atomic E-state index is 0.0816. The molecule has 83 heavy (non-hydrogen) atoms. The van der Waals surface area contributed by atoms with Gasteiger partial charge in [-0.3, -0.25) is 14.4 Å². The molecule has 0 spiro atoms. The molecule has 0 aliphatic carbocycles. The van der Waals surface area contributed by atoms with E-state index in [-0.39, 0.29) is 31.1 Å². The number of hydrogen-bond donors (Lipinski definition) is 0. The molecular weight excluding hydrogens is 1020 g/mol. The summed E-state index contributed by atoms with van der Waals surface area (Å²) in [6.07, 6.45) is 95.8. The van der Waals surface area contributed by atoms with Crippen LogP contribution in [0.5, 0.6) is 0 Å². The molecule has 1 unspecified atom stereocenters. The number of carbonyl (C=O) groups is 3. The summed E-state index contributed by atoms with van der Waals surface area (Å²) in [6, 6.07) is 0. The van der Waals surface area contributed by atoms with Gasteiger partial charge in [0.25, 0.3) is 0 Å². The molecule has 0 radical (unpaired) electrons. The molecule has 6 nitrogen and oxygen atoms in total. The van der Waals surface area contributed by atoms with E-state index < -0.39 is 6.10 Å². The summed E-state index contributed by atoms with van der Waals surface area (Å²) >= 11 is 0. The Morgan fingerprint density at radius 3 is 0.735 bits per heavy atom. The fraction of sp³-hybridized carbons (Fsp3) is 0.753. The van der Waals surface area contributed by atoms with Gasteiger partial charge in [-0.2, -0.15) is 0 Å². The van der Waals surface area contributed by atoms with Gasteiger partial charge in [-0.1, -0.05) is 311 Å². The van der Waals surface area contributed by atoms with Crippen LogP contribution in [0.15, 0.2) is 97.2 Å². The van der Waals surface area contributed by atoms with Crippen molar-refractivity contribution in [1.82, 2.24) is 0 Å². The van der Waals surface area contributed by atoms with Crippen LogP contribution in [0.2, 0.25) is 0 Å². The van der Waals surface area contributed by atoms with Crippen molar-refractivity contribution in [2.75, 3.05) is 13.2 Å². The third kappa shape index (κ3) is 69.0. The quantitative estimate of drug-likeness (QED) is 0.0261. The lowest BCUT2D eigenvalue weighted by molar-refractivity contribution is -0.167. The van der Waals surface area contributed by atoms with Gasteiger partial charge in [-0.25, -0.2) is 0 Å². The summed E-state index contributed by atoms with van der Waals surface area (Å²) in [6.45, 7) is 6.50. The van der Waals surface area contributed by atoms with Gasteiger partial charge in [0.05, 0.1) is 0 Å². The molecule has 0 heterocycles. The third-order valence-electron chi connectivity index (χ3n) is 15.5. The lowest BCUT2D eigenvalue weighted by Crippen LogP contribution is -2.30. The molecule has 0 amide bonds. The first-order valence-electron chi connectivity index (χ1n) is 35.7. The van der Waals surface area contributed by atoms with Crippen molar-refractivity contribution in [2.45, 2.75) is 361 Å². The van der Waals surface area contributed by atoms with Crippen LogP contribution >= 0.6 is 0 Å². The molecular formula is C77H134O6. The smallest absolute Gasteiger partial charge is 0.306 e. The summed E-state index contributed by atoms with van der Waals surface area (Å²) in [5.41, 5.74) is 0.